The summed E-state index contributed by atoms with van der Waals surface area (Å²) in [5.74, 6) is -1.03. The number of nitriles is 1. The fourth-order valence-electron chi connectivity index (χ4n) is 11.1. The molecule has 74 heavy (non-hydrogen) atoms. The van der Waals surface area contributed by atoms with Crippen LogP contribution < -0.4 is 20.2 Å². The lowest BCUT2D eigenvalue weighted by atomic mass is 9.95. The van der Waals surface area contributed by atoms with Gasteiger partial charge in [0, 0.05) is 80.4 Å². The third-order valence-electron chi connectivity index (χ3n) is 15.1. The number of anilines is 2. The monoisotopic (exact) mass is 1020 g/mol. The number of H-pyrrole nitrogens is 1. The van der Waals surface area contributed by atoms with Gasteiger partial charge < -0.3 is 34.5 Å². The number of rotatable bonds is 13. The first kappa shape index (κ1) is 50.1. The summed E-state index contributed by atoms with van der Waals surface area (Å²) in [7, 11) is 0. The summed E-state index contributed by atoms with van der Waals surface area (Å²) in [5, 5.41) is 40.2. The Labute approximate surface area is 433 Å². The molecule has 6 aromatic rings. The third kappa shape index (κ3) is 10.1. The molecule has 6 heterocycles. The summed E-state index contributed by atoms with van der Waals surface area (Å²) in [6, 6.07) is 24.4. The lowest BCUT2D eigenvalue weighted by Crippen LogP contribution is -2.55. The van der Waals surface area contributed by atoms with Gasteiger partial charge in [0.25, 0.3) is 5.91 Å². The van der Waals surface area contributed by atoms with E-state index in [9.17, 15) is 34.2 Å². The number of hydrogen-bond donors (Lipinski definition) is 3. The number of piperazine rings is 1. The lowest BCUT2D eigenvalue weighted by Gasteiger charge is -2.42. The lowest BCUT2D eigenvalue weighted by molar-refractivity contribution is -0.136. The summed E-state index contributed by atoms with van der Waals surface area (Å²) in [6.07, 6.45) is 2.90. The maximum absolute atomic E-state index is 14.1. The summed E-state index contributed by atoms with van der Waals surface area (Å²) in [6.45, 7) is 12.8. The van der Waals surface area contributed by atoms with Gasteiger partial charge in [-0.25, -0.2) is 18.9 Å². The van der Waals surface area contributed by atoms with Crippen LogP contribution in [0, 0.1) is 23.2 Å². The molecular weight excluding hydrogens is 965 g/mol. The zero-order valence-corrected chi connectivity index (χ0v) is 42.3. The van der Waals surface area contributed by atoms with Gasteiger partial charge in [0.2, 0.25) is 5.91 Å². The number of nitrogens with one attached hydrogen (secondary N) is 1. The van der Waals surface area contributed by atoms with E-state index in [0.29, 0.717) is 80.0 Å². The molecule has 3 N–H and O–H groups in total. The molecule has 4 aliphatic rings. The molecule has 17 nitrogen and oxygen atoms in total. The Bertz CT molecular complexity index is 3220. The predicted molar refractivity (Wildman–Crippen MR) is 279 cm³/mol. The molecule has 0 radical (unpaired) electrons. The van der Waals surface area contributed by atoms with Gasteiger partial charge in [0.1, 0.15) is 17.3 Å². The third-order valence-corrected chi connectivity index (χ3v) is 15.4. The number of carbonyl (C=O) groups excluding carboxylic acids is 2. The van der Waals surface area contributed by atoms with Crippen LogP contribution in [-0.4, -0.2) is 126 Å². The number of benzene rings is 4. The molecule has 2 amide bonds. The molecule has 0 unspecified atom stereocenters. The van der Waals surface area contributed by atoms with Crippen molar-refractivity contribution in [3.8, 4) is 40.7 Å². The number of nitrogens with zero attached hydrogens (tertiary/aromatic N) is 10. The van der Waals surface area contributed by atoms with Crippen LogP contribution in [0.15, 0.2) is 90.0 Å². The average molecular weight is 1020 g/mol. The quantitative estimate of drug-likeness (QED) is 0.0964. The number of amides is 2. The Morgan fingerprint density at radius 2 is 1.72 bits per heavy atom. The molecular formula is C55H59ClFN11O6. The van der Waals surface area contributed by atoms with E-state index in [1.54, 1.807) is 6.07 Å². The summed E-state index contributed by atoms with van der Waals surface area (Å²) in [4.78, 5) is 59.8. The van der Waals surface area contributed by atoms with E-state index in [1.165, 1.54) is 15.5 Å². The highest BCUT2D eigenvalue weighted by atomic mass is 35.5. The fraction of sp³-hybridized carbons (Fsp3) is 0.400. The Balaban J connectivity index is 0.775. The first-order valence-electron chi connectivity index (χ1n) is 25.3. The van der Waals surface area contributed by atoms with Crippen LogP contribution in [0.3, 0.4) is 0 Å². The van der Waals surface area contributed by atoms with Gasteiger partial charge in [-0.05, 0) is 91.5 Å². The molecule has 384 valence electrons. The number of hydrogen-bond acceptors (Lipinski definition) is 13. The van der Waals surface area contributed by atoms with Crippen LogP contribution >= 0.6 is 11.6 Å². The number of phenolic OH excluding ortho intramolecular Hbond substituents is 2. The van der Waals surface area contributed by atoms with Crippen LogP contribution in [0.25, 0.3) is 27.8 Å². The highest BCUT2D eigenvalue weighted by Crippen LogP contribution is 2.40. The van der Waals surface area contributed by atoms with E-state index in [1.807, 2.05) is 73.3 Å². The zero-order chi connectivity index (χ0) is 51.8. The van der Waals surface area contributed by atoms with Gasteiger partial charge in [0.15, 0.2) is 11.7 Å². The van der Waals surface area contributed by atoms with Crippen molar-refractivity contribution in [3.63, 3.8) is 0 Å². The number of ether oxygens (including phenoxy) is 1. The Morgan fingerprint density at radius 1 is 0.946 bits per heavy atom. The SMILES string of the molecule is C=C(F)C(=O)N1CCN(c2nc(OC[C@@H]3CCN(C(=O)C4CCN(Cc5ccc(-n6c(-c7cc(C(C)C)c(O)cc7O)n[nH]c6=O)cc5)CC4)C3)nc3c2CCN(c2cccc4cccc(Cl)c24)C3)C[C@@H]1CC#N. The molecule has 3 fully saturated rings. The molecule has 4 aromatic carbocycles. The van der Waals surface area contributed by atoms with Crippen molar-refractivity contribution in [2.24, 2.45) is 11.8 Å². The number of aromatic hydroxyl groups is 2. The molecule has 0 aliphatic carbocycles. The topological polar surface area (TPSA) is 200 Å². The van der Waals surface area contributed by atoms with Crippen LogP contribution in [0.1, 0.15) is 67.8 Å². The number of fused-ring (bicyclic) bond motifs is 2. The molecule has 0 bridgehead atoms. The van der Waals surface area contributed by atoms with Gasteiger partial charge in [-0.2, -0.15) is 20.3 Å². The van der Waals surface area contributed by atoms with Crippen molar-refractivity contribution in [2.45, 2.75) is 71.0 Å². The van der Waals surface area contributed by atoms with Crippen molar-refractivity contribution in [2.75, 3.05) is 68.8 Å². The summed E-state index contributed by atoms with van der Waals surface area (Å²) < 4.78 is 22.0. The van der Waals surface area contributed by atoms with Crippen molar-refractivity contribution < 1.29 is 28.9 Å². The van der Waals surface area contributed by atoms with Crippen LogP contribution in [-0.2, 0) is 29.1 Å². The van der Waals surface area contributed by atoms with Crippen LogP contribution in [0.4, 0.5) is 15.9 Å². The number of aromatic amines is 1. The van der Waals surface area contributed by atoms with E-state index in [4.69, 9.17) is 26.3 Å². The minimum absolute atomic E-state index is 0.0186. The molecule has 2 atom stereocenters. The van der Waals surface area contributed by atoms with Gasteiger partial charge in [0.05, 0.1) is 53.7 Å². The second-order valence-corrected chi connectivity index (χ2v) is 20.6. The maximum atomic E-state index is 14.1. The average Bonchev–Trinajstić information content (AvgIpc) is 4.04. The number of phenols is 2. The molecule has 0 spiro atoms. The number of aromatic nitrogens is 5. The van der Waals surface area contributed by atoms with Crippen LogP contribution in [0.2, 0.25) is 5.02 Å². The maximum Gasteiger partial charge on any atom is 0.348 e. The first-order valence-corrected chi connectivity index (χ1v) is 25.7. The molecule has 19 heteroatoms. The second-order valence-electron chi connectivity index (χ2n) is 20.1. The fourth-order valence-corrected chi connectivity index (χ4v) is 11.4. The van der Waals surface area contributed by atoms with Gasteiger partial charge in [-0.3, -0.25) is 14.5 Å². The number of likely N-dealkylation sites (tertiary alicyclic amines) is 2. The molecule has 0 saturated carbocycles. The van der Waals surface area contributed by atoms with Crippen molar-refractivity contribution in [1.29, 1.82) is 5.26 Å². The zero-order valence-electron chi connectivity index (χ0n) is 41.5. The highest BCUT2D eigenvalue weighted by molar-refractivity contribution is 6.36. The highest BCUT2D eigenvalue weighted by Gasteiger charge is 2.37. The normalized spacial score (nSPS) is 18.5. The van der Waals surface area contributed by atoms with Gasteiger partial charge >= 0.3 is 11.7 Å². The van der Waals surface area contributed by atoms with Crippen LogP contribution in [0.5, 0.6) is 17.5 Å². The summed E-state index contributed by atoms with van der Waals surface area (Å²) >= 11 is 6.78. The van der Waals surface area contributed by atoms with E-state index in [-0.39, 0.29) is 66.5 Å². The van der Waals surface area contributed by atoms with Crippen molar-refractivity contribution in [1.82, 2.24) is 39.4 Å². The molecule has 3 saturated heterocycles. The standard InChI is InChI=1S/C55H59ClFN11O6/c1-33(2)42-26-43(48(70)27-47(42)69)51-61-62-55(73)68(51)39-12-10-35(11-13-39)28-63-20-16-38(17-21-63)53(72)66-22-15-36(29-66)32-74-54-59-45-31-64(46-9-5-7-37-6-4-8-44(56)49(37)46)23-18-41(45)50(60-54)65-24-25-67(52(71)34(3)57)40(30-65)14-19-58/h4-13,26-27,33,36,38,40,69-70H,3,14-18,20-25,28-32H2,1-2H3,(H,62,73)/t36-,40+/m1/s1. The minimum Gasteiger partial charge on any atom is -0.508 e. The van der Waals surface area contributed by atoms with E-state index >= 15 is 0 Å². The minimum atomic E-state index is -1.06. The number of halogens is 2. The Hall–Kier alpha value is -7.49. The largest absolute Gasteiger partial charge is 0.508 e. The van der Waals surface area contributed by atoms with E-state index in [0.717, 1.165) is 65.6 Å². The first-order chi connectivity index (χ1) is 35.7. The second kappa shape index (κ2) is 21.2. The summed E-state index contributed by atoms with van der Waals surface area (Å²) in [5.41, 5.74) is 4.89. The smallest absolute Gasteiger partial charge is 0.348 e. The Kier molecular flexibility index (Phi) is 14.3. The molecule has 2 aromatic heterocycles. The Morgan fingerprint density at radius 3 is 2.46 bits per heavy atom. The predicted octanol–water partition coefficient (Wildman–Crippen LogP) is 7.48. The van der Waals surface area contributed by atoms with Gasteiger partial charge in [-0.1, -0.05) is 68.4 Å². The molecule has 10 rings (SSSR count). The van der Waals surface area contributed by atoms with E-state index in [2.05, 4.69) is 43.6 Å². The number of carbonyl (C=O) groups is 2. The molecule has 4 aliphatic heterocycles. The van der Waals surface area contributed by atoms with Crippen molar-refractivity contribution in [3.05, 3.63) is 123 Å². The van der Waals surface area contributed by atoms with Gasteiger partial charge in [-0.15, -0.1) is 0 Å². The van der Waals surface area contributed by atoms with E-state index < -0.39 is 23.5 Å². The van der Waals surface area contributed by atoms with Crippen molar-refractivity contribution >= 4 is 45.7 Å². The number of piperidine rings is 1.